The van der Waals surface area contributed by atoms with Gasteiger partial charge >= 0.3 is 5.97 Å². The molecule has 1 heterocycles. The molecule has 0 aromatic heterocycles. The molecule has 0 bridgehead atoms. The number of hydrogen-bond donors (Lipinski definition) is 1. The average Bonchev–Trinajstić information content (AvgIpc) is 2.38. The zero-order valence-electron chi connectivity index (χ0n) is 10.2. The molecule has 98 valence electrons. The van der Waals surface area contributed by atoms with E-state index in [1.54, 1.807) is 12.1 Å². The predicted octanol–water partition coefficient (Wildman–Crippen LogP) is 1.42. The first kappa shape index (κ1) is 12.8. The largest absolute Gasteiger partial charge is 0.481 e. The standard InChI is InChI=1S/C13H17FN2O2/c14-11-3-1-2-4-12(11)16-9-7-15(8-10-16)6-5-13(17)18/h1-4H,5-10H2,(H,17,18). The van der Waals surface area contributed by atoms with Gasteiger partial charge < -0.3 is 10.0 Å². The number of rotatable bonds is 4. The molecule has 1 aliphatic rings. The first-order chi connectivity index (χ1) is 8.66. The molecule has 2 rings (SSSR count). The van der Waals surface area contributed by atoms with E-state index < -0.39 is 5.97 Å². The number of piperazine rings is 1. The Morgan fingerprint density at radius 2 is 1.89 bits per heavy atom. The Morgan fingerprint density at radius 1 is 1.22 bits per heavy atom. The lowest BCUT2D eigenvalue weighted by atomic mass is 10.2. The molecule has 0 spiro atoms. The number of para-hydroxylation sites is 1. The van der Waals surface area contributed by atoms with Crippen LogP contribution in [0.2, 0.25) is 0 Å². The van der Waals surface area contributed by atoms with Gasteiger partial charge in [-0.2, -0.15) is 0 Å². The highest BCUT2D eigenvalue weighted by Crippen LogP contribution is 2.19. The zero-order valence-corrected chi connectivity index (χ0v) is 10.2. The van der Waals surface area contributed by atoms with Gasteiger partial charge in [-0.15, -0.1) is 0 Å². The van der Waals surface area contributed by atoms with Gasteiger partial charge in [-0.25, -0.2) is 4.39 Å². The van der Waals surface area contributed by atoms with Gasteiger partial charge in [0, 0.05) is 32.7 Å². The SMILES string of the molecule is O=C(O)CCN1CCN(c2ccccc2F)CC1. The Hall–Kier alpha value is -1.62. The number of carboxylic acids is 1. The van der Waals surface area contributed by atoms with Gasteiger partial charge in [0.15, 0.2) is 0 Å². The molecule has 0 amide bonds. The highest BCUT2D eigenvalue weighted by atomic mass is 19.1. The molecule has 1 aliphatic heterocycles. The van der Waals surface area contributed by atoms with Crippen LogP contribution in [0.25, 0.3) is 0 Å². The molecule has 0 aliphatic carbocycles. The van der Waals surface area contributed by atoms with Gasteiger partial charge in [0.05, 0.1) is 12.1 Å². The fourth-order valence-corrected chi connectivity index (χ4v) is 2.17. The molecule has 1 aromatic rings. The molecule has 0 saturated carbocycles. The van der Waals surface area contributed by atoms with Crippen LogP contribution < -0.4 is 4.90 Å². The van der Waals surface area contributed by atoms with Crippen molar-refractivity contribution in [2.45, 2.75) is 6.42 Å². The Labute approximate surface area is 106 Å². The maximum absolute atomic E-state index is 13.6. The van der Waals surface area contributed by atoms with Crippen molar-refractivity contribution in [2.24, 2.45) is 0 Å². The Kier molecular flexibility index (Phi) is 4.15. The molecule has 0 atom stereocenters. The molecule has 5 heteroatoms. The summed E-state index contributed by atoms with van der Waals surface area (Å²) in [7, 11) is 0. The summed E-state index contributed by atoms with van der Waals surface area (Å²) < 4.78 is 13.6. The van der Waals surface area contributed by atoms with E-state index >= 15 is 0 Å². The van der Waals surface area contributed by atoms with Crippen LogP contribution in [0.3, 0.4) is 0 Å². The topological polar surface area (TPSA) is 43.8 Å². The number of anilines is 1. The lowest BCUT2D eigenvalue weighted by molar-refractivity contribution is -0.137. The predicted molar refractivity (Wildman–Crippen MR) is 67.3 cm³/mol. The molecule has 18 heavy (non-hydrogen) atoms. The monoisotopic (exact) mass is 252 g/mol. The molecule has 1 fully saturated rings. The molecule has 1 saturated heterocycles. The van der Waals surface area contributed by atoms with E-state index in [1.165, 1.54) is 6.07 Å². The van der Waals surface area contributed by atoms with Crippen LogP contribution in [0.15, 0.2) is 24.3 Å². The lowest BCUT2D eigenvalue weighted by Crippen LogP contribution is -2.47. The number of benzene rings is 1. The summed E-state index contributed by atoms with van der Waals surface area (Å²) in [6, 6.07) is 6.76. The van der Waals surface area contributed by atoms with Crippen LogP contribution in [0.4, 0.5) is 10.1 Å². The first-order valence-corrected chi connectivity index (χ1v) is 6.10. The van der Waals surface area contributed by atoms with E-state index in [0.29, 0.717) is 12.2 Å². The molecule has 1 N–H and O–H groups in total. The maximum atomic E-state index is 13.6. The minimum atomic E-state index is -0.772. The van der Waals surface area contributed by atoms with Crippen LogP contribution >= 0.6 is 0 Å². The first-order valence-electron chi connectivity index (χ1n) is 6.10. The smallest absolute Gasteiger partial charge is 0.304 e. The highest BCUT2D eigenvalue weighted by molar-refractivity contribution is 5.66. The number of halogens is 1. The van der Waals surface area contributed by atoms with Gasteiger partial charge in [-0.1, -0.05) is 12.1 Å². The molecule has 1 aromatic carbocycles. The molecule has 0 radical (unpaired) electrons. The number of carbonyl (C=O) groups is 1. The van der Waals surface area contributed by atoms with E-state index in [0.717, 1.165) is 26.2 Å². The minimum absolute atomic E-state index is 0.166. The summed E-state index contributed by atoms with van der Waals surface area (Å²) in [6.07, 6.45) is 0.166. The second-order valence-corrected chi connectivity index (χ2v) is 4.42. The van der Waals surface area contributed by atoms with Crippen LogP contribution in [0.1, 0.15) is 6.42 Å². The lowest BCUT2D eigenvalue weighted by Gasteiger charge is -2.35. The van der Waals surface area contributed by atoms with Gasteiger partial charge in [0.1, 0.15) is 5.82 Å². The number of nitrogens with zero attached hydrogens (tertiary/aromatic N) is 2. The summed E-state index contributed by atoms with van der Waals surface area (Å²) in [5, 5.41) is 8.62. The van der Waals surface area contributed by atoms with Crippen molar-refractivity contribution in [1.82, 2.24) is 4.90 Å². The second-order valence-electron chi connectivity index (χ2n) is 4.42. The normalized spacial score (nSPS) is 16.8. The van der Waals surface area contributed by atoms with Crippen LogP contribution in [-0.2, 0) is 4.79 Å². The van der Waals surface area contributed by atoms with Crippen molar-refractivity contribution < 1.29 is 14.3 Å². The third-order valence-corrected chi connectivity index (χ3v) is 3.21. The number of carboxylic acid groups (broad SMARTS) is 1. The summed E-state index contributed by atoms with van der Waals surface area (Å²) in [6.45, 7) is 3.60. The minimum Gasteiger partial charge on any atom is -0.481 e. The summed E-state index contributed by atoms with van der Waals surface area (Å²) >= 11 is 0. The second kappa shape index (κ2) is 5.82. The van der Waals surface area contributed by atoms with Crippen LogP contribution in [0.5, 0.6) is 0 Å². The third-order valence-electron chi connectivity index (χ3n) is 3.21. The van der Waals surface area contributed by atoms with Crippen molar-refractivity contribution in [3.63, 3.8) is 0 Å². The number of hydrogen-bond acceptors (Lipinski definition) is 3. The molecular weight excluding hydrogens is 235 g/mol. The van der Waals surface area contributed by atoms with Crippen LogP contribution in [0, 0.1) is 5.82 Å². The van der Waals surface area contributed by atoms with E-state index in [-0.39, 0.29) is 12.2 Å². The summed E-state index contributed by atoms with van der Waals surface area (Å²) in [4.78, 5) is 14.6. The average molecular weight is 252 g/mol. The quantitative estimate of drug-likeness (QED) is 0.880. The maximum Gasteiger partial charge on any atom is 0.304 e. The fraction of sp³-hybridized carbons (Fsp3) is 0.462. The molecule has 0 unspecified atom stereocenters. The highest BCUT2D eigenvalue weighted by Gasteiger charge is 2.19. The van der Waals surface area contributed by atoms with Crippen molar-refractivity contribution in [3.8, 4) is 0 Å². The van der Waals surface area contributed by atoms with Crippen molar-refractivity contribution >= 4 is 11.7 Å². The van der Waals surface area contributed by atoms with Gasteiger partial charge in [-0.05, 0) is 12.1 Å². The Bertz CT molecular complexity index is 417. The molecule has 4 nitrogen and oxygen atoms in total. The van der Waals surface area contributed by atoms with E-state index in [2.05, 4.69) is 4.90 Å². The van der Waals surface area contributed by atoms with Crippen molar-refractivity contribution in [3.05, 3.63) is 30.1 Å². The Balaban J connectivity index is 1.87. The van der Waals surface area contributed by atoms with Gasteiger partial charge in [0.2, 0.25) is 0 Å². The zero-order chi connectivity index (χ0) is 13.0. The Morgan fingerprint density at radius 3 is 2.50 bits per heavy atom. The van der Waals surface area contributed by atoms with E-state index in [9.17, 15) is 9.18 Å². The van der Waals surface area contributed by atoms with E-state index in [4.69, 9.17) is 5.11 Å². The van der Waals surface area contributed by atoms with E-state index in [1.807, 2.05) is 11.0 Å². The van der Waals surface area contributed by atoms with Gasteiger partial charge in [0.25, 0.3) is 0 Å². The number of aliphatic carboxylic acids is 1. The van der Waals surface area contributed by atoms with Crippen LogP contribution in [-0.4, -0.2) is 48.7 Å². The summed E-state index contributed by atoms with van der Waals surface area (Å²) in [5.74, 6) is -0.969. The summed E-state index contributed by atoms with van der Waals surface area (Å²) in [5.41, 5.74) is 0.635. The van der Waals surface area contributed by atoms with Crippen molar-refractivity contribution in [1.29, 1.82) is 0 Å². The third kappa shape index (κ3) is 3.20. The van der Waals surface area contributed by atoms with Gasteiger partial charge in [-0.3, -0.25) is 9.69 Å². The van der Waals surface area contributed by atoms with Crippen molar-refractivity contribution in [2.75, 3.05) is 37.6 Å². The fourth-order valence-electron chi connectivity index (χ4n) is 2.17. The molecular formula is C13H17FN2O2.